The number of hydrogen-bond acceptors (Lipinski definition) is 3. The monoisotopic (exact) mass is 173 g/mol. The van der Waals surface area contributed by atoms with E-state index in [1.807, 2.05) is 6.92 Å². The smallest absolute Gasteiger partial charge is 0.124 e. The van der Waals surface area contributed by atoms with Gasteiger partial charge in [-0.3, -0.25) is 0 Å². The molecule has 0 spiro atoms. The molecule has 3 heteroatoms. The fourth-order valence-corrected chi connectivity index (χ4v) is 1.17. The first-order chi connectivity index (χ1) is 6.06. The third kappa shape index (κ3) is 1.67. The predicted octanol–water partition coefficient (Wildman–Crippen LogP) is 1.88. The van der Waals surface area contributed by atoms with E-state index in [-0.39, 0.29) is 0 Å². The summed E-state index contributed by atoms with van der Waals surface area (Å²) in [6, 6.07) is 3.77. The standard InChI is InChI=1S/C10H11N3/c1-6(2)8-4-10(12)13-7(3)9(8)5-11/h4H,1H2,2-3H3,(H2,12,13). The number of nitrogen functional groups attached to an aromatic ring is 1. The maximum absolute atomic E-state index is 8.87. The Morgan fingerprint density at radius 2 is 2.31 bits per heavy atom. The molecule has 3 nitrogen and oxygen atoms in total. The molecule has 1 rings (SSSR count). The number of allylic oxidation sites excluding steroid dienone is 1. The Labute approximate surface area is 77.5 Å². The molecule has 0 radical (unpaired) electrons. The number of rotatable bonds is 1. The number of aromatic nitrogens is 1. The van der Waals surface area contributed by atoms with Gasteiger partial charge in [-0.2, -0.15) is 5.26 Å². The van der Waals surface area contributed by atoms with Crippen molar-refractivity contribution in [2.75, 3.05) is 5.73 Å². The van der Waals surface area contributed by atoms with Crippen LogP contribution in [0.15, 0.2) is 12.6 Å². The molecule has 0 aliphatic carbocycles. The molecule has 0 amide bonds. The van der Waals surface area contributed by atoms with Crippen molar-refractivity contribution < 1.29 is 0 Å². The van der Waals surface area contributed by atoms with E-state index in [0.29, 0.717) is 17.1 Å². The lowest BCUT2D eigenvalue weighted by Crippen LogP contribution is -1.99. The molecule has 1 aromatic heterocycles. The van der Waals surface area contributed by atoms with Crippen LogP contribution in [0.3, 0.4) is 0 Å². The molecule has 13 heavy (non-hydrogen) atoms. The normalized spacial score (nSPS) is 9.31. The number of anilines is 1. The Balaban J connectivity index is 3.50. The molecule has 0 aliphatic rings. The lowest BCUT2D eigenvalue weighted by Gasteiger charge is -2.06. The Bertz CT molecular complexity index is 399. The number of nitrogens with zero attached hydrogens (tertiary/aromatic N) is 2. The molecule has 0 fully saturated rings. The summed E-state index contributed by atoms with van der Waals surface area (Å²) in [5.74, 6) is 0.425. The third-order valence-electron chi connectivity index (χ3n) is 1.79. The van der Waals surface area contributed by atoms with E-state index >= 15 is 0 Å². The average Bonchev–Trinajstić information content (AvgIpc) is 2.02. The van der Waals surface area contributed by atoms with E-state index in [9.17, 15) is 0 Å². The first kappa shape index (κ1) is 9.27. The van der Waals surface area contributed by atoms with Gasteiger partial charge in [0.2, 0.25) is 0 Å². The third-order valence-corrected chi connectivity index (χ3v) is 1.79. The Hall–Kier alpha value is -1.82. The van der Waals surface area contributed by atoms with Gasteiger partial charge in [-0.25, -0.2) is 4.98 Å². The molecule has 0 saturated heterocycles. The summed E-state index contributed by atoms with van der Waals surface area (Å²) in [5, 5.41) is 8.87. The van der Waals surface area contributed by atoms with Crippen LogP contribution in [0.4, 0.5) is 5.82 Å². The molecule has 0 saturated carbocycles. The molecule has 0 atom stereocenters. The van der Waals surface area contributed by atoms with E-state index in [1.165, 1.54) is 0 Å². The van der Waals surface area contributed by atoms with E-state index < -0.39 is 0 Å². The number of nitriles is 1. The van der Waals surface area contributed by atoms with Crippen molar-refractivity contribution in [3.63, 3.8) is 0 Å². The predicted molar refractivity (Wildman–Crippen MR) is 52.8 cm³/mol. The van der Waals surface area contributed by atoms with Gasteiger partial charge < -0.3 is 5.73 Å². The summed E-state index contributed by atoms with van der Waals surface area (Å²) in [6.45, 7) is 7.39. The molecule has 1 aromatic rings. The Morgan fingerprint density at radius 3 is 2.77 bits per heavy atom. The van der Waals surface area contributed by atoms with Crippen molar-refractivity contribution in [3.8, 4) is 6.07 Å². The molecule has 0 aliphatic heterocycles. The van der Waals surface area contributed by atoms with Crippen LogP contribution < -0.4 is 5.73 Å². The van der Waals surface area contributed by atoms with Gasteiger partial charge in [0.15, 0.2) is 0 Å². The van der Waals surface area contributed by atoms with Crippen LogP contribution in [0, 0.1) is 18.3 Å². The van der Waals surface area contributed by atoms with Gasteiger partial charge in [-0.1, -0.05) is 6.58 Å². The van der Waals surface area contributed by atoms with Crippen molar-refractivity contribution in [1.82, 2.24) is 4.98 Å². The van der Waals surface area contributed by atoms with Crippen LogP contribution in [0.2, 0.25) is 0 Å². The van der Waals surface area contributed by atoms with Gasteiger partial charge in [0, 0.05) is 5.56 Å². The Kier molecular flexibility index (Phi) is 2.34. The zero-order valence-electron chi connectivity index (χ0n) is 7.76. The summed E-state index contributed by atoms with van der Waals surface area (Å²) in [7, 11) is 0. The van der Waals surface area contributed by atoms with Gasteiger partial charge in [0.1, 0.15) is 11.9 Å². The maximum atomic E-state index is 8.87. The number of nitrogens with two attached hydrogens (primary N) is 1. The van der Waals surface area contributed by atoms with Crippen molar-refractivity contribution in [3.05, 3.63) is 29.5 Å². The van der Waals surface area contributed by atoms with Crippen LogP contribution in [0.25, 0.3) is 5.57 Å². The van der Waals surface area contributed by atoms with Crippen LogP contribution in [-0.2, 0) is 0 Å². The molecule has 0 bridgehead atoms. The zero-order chi connectivity index (χ0) is 10.0. The molecule has 66 valence electrons. The number of pyridine rings is 1. The first-order valence-electron chi connectivity index (χ1n) is 3.89. The molecular weight excluding hydrogens is 162 g/mol. The van der Waals surface area contributed by atoms with Crippen molar-refractivity contribution in [2.24, 2.45) is 0 Å². The van der Waals surface area contributed by atoms with Gasteiger partial charge >= 0.3 is 0 Å². The lowest BCUT2D eigenvalue weighted by atomic mass is 10.0. The average molecular weight is 173 g/mol. The van der Waals surface area contributed by atoms with Crippen LogP contribution in [0.1, 0.15) is 23.7 Å². The quantitative estimate of drug-likeness (QED) is 0.705. The lowest BCUT2D eigenvalue weighted by molar-refractivity contribution is 1.18. The number of aryl methyl sites for hydroxylation is 1. The largest absolute Gasteiger partial charge is 0.384 e. The summed E-state index contributed by atoms with van der Waals surface area (Å²) < 4.78 is 0. The number of hydrogen-bond donors (Lipinski definition) is 1. The van der Waals surface area contributed by atoms with Gasteiger partial charge in [0.25, 0.3) is 0 Å². The minimum absolute atomic E-state index is 0.425. The molecular formula is C10H11N3. The highest BCUT2D eigenvalue weighted by Crippen LogP contribution is 2.20. The molecule has 0 aromatic carbocycles. The minimum Gasteiger partial charge on any atom is -0.384 e. The van der Waals surface area contributed by atoms with Crippen molar-refractivity contribution >= 4 is 11.4 Å². The van der Waals surface area contributed by atoms with Crippen LogP contribution in [-0.4, -0.2) is 4.98 Å². The SMILES string of the molecule is C=C(C)c1cc(N)nc(C)c1C#N. The van der Waals surface area contributed by atoms with Crippen molar-refractivity contribution in [2.45, 2.75) is 13.8 Å². The highest BCUT2D eigenvalue weighted by molar-refractivity contribution is 5.70. The van der Waals surface area contributed by atoms with Crippen LogP contribution in [0.5, 0.6) is 0 Å². The van der Waals surface area contributed by atoms with E-state index in [1.54, 1.807) is 13.0 Å². The maximum Gasteiger partial charge on any atom is 0.124 e. The summed E-state index contributed by atoms with van der Waals surface area (Å²) in [4.78, 5) is 4.00. The molecule has 1 heterocycles. The summed E-state index contributed by atoms with van der Waals surface area (Å²) >= 11 is 0. The highest BCUT2D eigenvalue weighted by atomic mass is 14.8. The second-order valence-corrected chi connectivity index (χ2v) is 2.95. The van der Waals surface area contributed by atoms with Gasteiger partial charge in [-0.15, -0.1) is 0 Å². The molecule has 0 unspecified atom stereocenters. The van der Waals surface area contributed by atoms with Crippen molar-refractivity contribution in [1.29, 1.82) is 5.26 Å². The Morgan fingerprint density at radius 1 is 1.69 bits per heavy atom. The van der Waals surface area contributed by atoms with Gasteiger partial charge in [0.05, 0.1) is 11.3 Å². The highest BCUT2D eigenvalue weighted by Gasteiger charge is 2.07. The van der Waals surface area contributed by atoms with Gasteiger partial charge in [-0.05, 0) is 25.5 Å². The van der Waals surface area contributed by atoms with E-state index in [4.69, 9.17) is 11.0 Å². The topological polar surface area (TPSA) is 62.7 Å². The van der Waals surface area contributed by atoms with E-state index in [2.05, 4.69) is 17.6 Å². The second-order valence-electron chi connectivity index (χ2n) is 2.95. The fourth-order valence-electron chi connectivity index (χ4n) is 1.17. The summed E-state index contributed by atoms with van der Waals surface area (Å²) in [6.07, 6.45) is 0. The summed E-state index contributed by atoms with van der Waals surface area (Å²) in [5.41, 5.74) is 8.38. The zero-order valence-corrected chi connectivity index (χ0v) is 7.76. The molecule has 2 N–H and O–H groups in total. The minimum atomic E-state index is 0.425. The first-order valence-corrected chi connectivity index (χ1v) is 3.89. The van der Waals surface area contributed by atoms with E-state index in [0.717, 1.165) is 11.1 Å². The van der Waals surface area contributed by atoms with Crippen LogP contribution >= 0.6 is 0 Å². The fraction of sp³-hybridized carbons (Fsp3) is 0.200. The second kappa shape index (κ2) is 3.28.